The molecule has 1 amide bonds. The monoisotopic (exact) mass is 267 g/mol. The van der Waals surface area contributed by atoms with Gasteiger partial charge < -0.3 is 16.4 Å². The summed E-state index contributed by atoms with van der Waals surface area (Å²) in [7, 11) is 0. The third-order valence-corrected chi connectivity index (χ3v) is 3.49. The summed E-state index contributed by atoms with van der Waals surface area (Å²) in [5.74, 6) is 0.0458. The van der Waals surface area contributed by atoms with Crippen molar-refractivity contribution in [3.05, 3.63) is 28.8 Å². The average Bonchev–Trinajstić information content (AvgIpc) is 2.27. The predicted molar refractivity (Wildman–Crippen MR) is 73.9 cm³/mol. The van der Waals surface area contributed by atoms with E-state index >= 15 is 0 Å². The van der Waals surface area contributed by atoms with Crippen LogP contribution in [0.25, 0.3) is 0 Å². The second-order valence-corrected chi connectivity index (χ2v) is 5.47. The van der Waals surface area contributed by atoms with Crippen LogP contribution in [0.3, 0.4) is 0 Å². The number of anilines is 1. The topological polar surface area (TPSA) is 72.3 Å². The van der Waals surface area contributed by atoms with Gasteiger partial charge >= 0.3 is 0 Å². The van der Waals surface area contributed by atoms with Gasteiger partial charge in [0, 0.05) is 29.8 Å². The first kappa shape index (κ1) is 13.2. The van der Waals surface area contributed by atoms with E-state index in [1.807, 2.05) is 6.07 Å². The van der Waals surface area contributed by atoms with Crippen LogP contribution in [0, 0.1) is 5.92 Å². The van der Waals surface area contributed by atoms with Gasteiger partial charge in [-0.15, -0.1) is 0 Å². The fraction of sp³-hybridized carbons (Fsp3) is 0.462. The van der Waals surface area contributed by atoms with Gasteiger partial charge in [0.15, 0.2) is 0 Å². The highest BCUT2D eigenvalue weighted by molar-refractivity contribution is 6.31. The van der Waals surface area contributed by atoms with Crippen LogP contribution >= 0.6 is 11.6 Å². The van der Waals surface area contributed by atoms with Crippen LogP contribution in [-0.4, -0.2) is 25.0 Å². The standard InChI is InChI=1S/C13H18ClN3O/c1-8-4-10(15)7-17(6-8)12-3-2-9(14)5-11(12)13(16)18/h2-3,5,8,10H,4,6-7,15H2,1H3,(H2,16,18). The normalized spacial score (nSPS) is 24.1. The zero-order valence-electron chi connectivity index (χ0n) is 10.4. The maximum Gasteiger partial charge on any atom is 0.250 e. The molecule has 0 radical (unpaired) electrons. The van der Waals surface area contributed by atoms with Gasteiger partial charge in [0.2, 0.25) is 0 Å². The van der Waals surface area contributed by atoms with Crippen molar-refractivity contribution in [1.82, 2.24) is 0 Å². The first-order valence-corrected chi connectivity index (χ1v) is 6.45. The minimum atomic E-state index is -0.459. The number of primary amides is 1. The van der Waals surface area contributed by atoms with Crippen LogP contribution in [0.15, 0.2) is 18.2 Å². The number of rotatable bonds is 2. The molecule has 1 aromatic carbocycles. The molecular formula is C13H18ClN3O. The quantitative estimate of drug-likeness (QED) is 0.855. The van der Waals surface area contributed by atoms with Crippen molar-refractivity contribution in [1.29, 1.82) is 0 Å². The highest BCUT2D eigenvalue weighted by Gasteiger charge is 2.24. The maximum atomic E-state index is 11.5. The Labute approximate surface area is 112 Å². The molecule has 2 atom stereocenters. The fourth-order valence-corrected chi connectivity index (χ4v) is 2.75. The van der Waals surface area contributed by atoms with Crippen molar-refractivity contribution in [2.75, 3.05) is 18.0 Å². The van der Waals surface area contributed by atoms with Crippen molar-refractivity contribution in [2.45, 2.75) is 19.4 Å². The molecule has 1 aromatic rings. The largest absolute Gasteiger partial charge is 0.369 e. The van der Waals surface area contributed by atoms with Gasteiger partial charge in [-0.2, -0.15) is 0 Å². The number of nitrogens with zero attached hydrogens (tertiary/aromatic N) is 1. The second-order valence-electron chi connectivity index (χ2n) is 5.03. The number of carbonyl (C=O) groups is 1. The van der Waals surface area contributed by atoms with Gasteiger partial charge in [0.1, 0.15) is 0 Å². The molecule has 1 heterocycles. The molecule has 0 saturated carbocycles. The number of carbonyl (C=O) groups excluding carboxylic acids is 1. The minimum absolute atomic E-state index is 0.130. The van der Waals surface area contributed by atoms with E-state index in [4.69, 9.17) is 23.1 Å². The first-order chi connectivity index (χ1) is 8.47. The number of halogens is 1. The van der Waals surface area contributed by atoms with Gasteiger partial charge in [-0.1, -0.05) is 18.5 Å². The summed E-state index contributed by atoms with van der Waals surface area (Å²) in [6, 6.07) is 5.36. The number of hydrogen-bond acceptors (Lipinski definition) is 3. The molecule has 2 rings (SSSR count). The summed E-state index contributed by atoms with van der Waals surface area (Å²) >= 11 is 5.91. The van der Waals surface area contributed by atoms with Crippen molar-refractivity contribution < 1.29 is 4.79 Å². The summed E-state index contributed by atoms with van der Waals surface area (Å²) in [5, 5.41) is 0.516. The lowest BCUT2D eigenvalue weighted by Crippen LogP contribution is -2.47. The Bertz CT molecular complexity index is 454. The summed E-state index contributed by atoms with van der Waals surface area (Å²) in [4.78, 5) is 13.6. The van der Waals surface area contributed by atoms with E-state index in [9.17, 15) is 4.79 Å². The average molecular weight is 268 g/mol. The summed E-state index contributed by atoms with van der Waals surface area (Å²) in [6.45, 7) is 3.79. The molecule has 0 aliphatic carbocycles. The Balaban J connectivity index is 2.35. The van der Waals surface area contributed by atoms with Crippen LogP contribution in [-0.2, 0) is 0 Å². The predicted octanol–water partition coefficient (Wildman–Crippen LogP) is 1.61. The molecule has 98 valence electrons. The van der Waals surface area contributed by atoms with E-state index in [1.165, 1.54) is 0 Å². The third-order valence-electron chi connectivity index (χ3n) is 3.26. The molecule has 2 unspecified atom stereocenters. The highest BCUT2D eigenvalue weighted by Crippen LogP contribution is 2.28. The van der Waals surface area contributed by atoms with Crippen molar-refractivity contribution in [3.8, 4) is 0 Å². The molecule has 0 spiro atoms. The number of piperidine rings is 1. The molecule has 4 N–H and O–H groups in total. The smallest absolute Gasteiger partial charge is 0.250 e. The van der Waals surface area contributed by atoms with E-state index in [0.717, 1.165) is 25.2 Å². The summed E-state index contributed by atoms with van der Waals surface area (Å²) in [5.41, 5.74) is 12.7. The lowest BCUT2D eigenvalue weighted by Gasteiger charge is -2.37. The van der Waals surface area contributed by atoms with E-state index in [1.54, 1.807) is 12.1 Å². The maximum absolute atomic E-state index is 11.5. The molecule has 1 fully saturated rings. The van der Waals surface area contributed by atoms with Crippen LogP contribution in [0.4, 0.5) is 5.69 Å². The fourth-order valence-electron chi connectivity index (χ4n) is 2.58. The Hall–Kier alpha value is -1.26. The van der Waals surface area contributed by atoms with Gasteiger partial charge in [0.25, 0.3) is 5.91 Å². The van der Waals surface area contributed by atoms with Crippen molar-refractivity contribution in [2.24, 2.45) is 17.4 Å². The molecular weight excluding hydrogens is 250 g/mol. The minimum Gasteiger partial charge on any atom is -0.369 e. The van der Waals surface area contributed by atoms with Crippen LogP contribution < -0.4 is 16.4 Å². The van der Waals surface area contributed by atoms with Gasteiger partial charge in [0.05, 0.1) is 5.56 Å². The number of hydrogen-bond donors (Lipinski definition) is 2. The van der Waals surface area contributed by atoms with Crippen LogP contribution in [0.1, 0.15) is 23.7 Å². The number of benzene rings is 1. The second kappa shape index (κ2) is 5.16. The van der Waals surface area contributed by atoms with Gasteiger partial charge in [-0.05, 0) is 30.5 Å². The lowest BCUT2D eigenvalue weighted by atomic mass is 9.95. The Morgan fingerprint density at radius 3 is 2.78 bits per heavy atom. The molecule has 1 saturated heterocycles. The van der Waals surface area contributed by atoms with Gasteiger partial charge in [-0.3, -0.25) is 4.79 Å². The number of nitrogens with two attached hydrogens (primary N) is 2. The first-order valence-electron chi connectivity index (χ1n) is 6.07. The molecule has 0 bridgehead atoms. The zero-order valence-corrected chi connectivity index (χ0v) is 11.2. The Morgan fingerprint density at radius 2 is 2.17 bits per heavy atom. The Kier molecular flexibility index (Phi) is 3.78. The Morgan fingerprint density at radius 1 is 1.44 bits per heavy atom. The summed E-state index contributed by atoms with van der Waals surface area (Å²) < 4.78 is 0. The van der Waals surface area contributed by atoms with Crippen LogP contribution in [0.2, 0.25) is 5.02 Å². The summed E-state index contributed by atoms with van der Waals surface area (Å²) in [6.07, 6.45) is 1.01. The van der Waals surface area contributed by atoms with E-state index < -0.39 is 5.91 Å². The van der Waals surface area contributed by atoms with E-state index in [2.05, 4.69) is 11.8 Å². The van der Waals surface area contributed by atoms with E-state index in [0.29, 0.717) is 16.5 Å². The van der Waals surface area contributed by atoms with Crippen LogP contribution in [0.5, 0.6) is 0 Å². The third kappa shape index (κ3) is 2.76. The SMILES string of the molecule is CC1CC(N)CN(c2ccc(Cl)cc2C(N)=O)C1. The molecule has 5 heteroatoms. The van der Waals surface area contributed by atoms with Gasteiger partial charge in [-0.25, -0.2) is 0 Å². The lowest BCUT2D eigenvalue weighted by molar-refractivity contribution is 0.100. The number of amides is 1. The molecule has 0 aromatic heterocycles. The molecule has 18 heavy (non-hydrogen) atoms. The zero-order chi connectivity index (χ0) is 13.3. The van der Waals surface area contributed by atoms with Crippen molar-refractivity contribution in [3.63, 3.8) is 0 Å². The highest BCUT2D eigenvalue weighted by atomic mass is 35.5. The van der Waals surface area contributed by atoms with E-state index in [-0.39, 0.29) is 6.04 Å². The molecule has 1 aliphatic heterocycles. The molecule has 4 nitrogen and oxygen atoms in total. The van der Waals surface area contributed by atoms with Crippen molar-refractivity contribution >= 4 is 23.2 Å². The molecule has 1 aliphatic rings.